The van der Waals surface area contributed by atoms with Crippen LogP contribution >= 0.6 is 0 Å². The molecule has 4 rings (SSSR count). The normalized spacial score (nSPS) is 18.7. The molecule has 0 unspecified atom stereocenters. The maximum Gasteiger partial charge on any atom is 0.425 e. The number of aliphatic hydroxyl groups is 3. The van der Waals surface area contributed by atoms with Crippen molar-refractivity contribution in [1.29, 1.82) is 0 Å². The first kappa shape index (κ1) is 23.3. The maximum atomic E-state index is 14.3. The number of nitrogens with zero attached hydrogens (tertiary/aromatic N) is 2. The molecule has 2 aromatic carbocycles. The van der Waals surface area contributed by atoms with E-state index in [0.29, 0.717) is 11.1 Å². The van der Waals surface area contributed by atoms with E-state index in [1.165, 1.54) is 36.0 Å². The van der Waals surface area contributed by atoms with Crippen molar-refractivity contribution in [2.75, 3.05) is 6.61 Å². The van der Waals surface area contributed by atoms with E-state index in [2.05, 4.69) is 5.10 Å². The summed E-state index contributed by atoms with van der Waals surface area (Å²) in [5.41, 5.74) is -3.48. The van der Waals surface area contributed by atoms with E-state index in [1.54, 1.807) is 38.2 Å². The monoisotopic (exact) mass is 462 g/mol. The first-order valence-electron chi connectivity index (χ1n) is 10.4. The molecule has 33 heavy (non-hydrogen) atoms. The third kappa shape index (κ3) is 4.12. The molecule has 3 N–H and O–H groups in total. The van der Waals surface area contributed by atoms with Crippen LogP contribution in [-0.2, 0) is 12.1 Å². The Morgan fingerprint density at radius 3 is 2.45 bits per heavy atom. The van der Waals surface area contributed by atoms with Crippen molar-refractivity contribution in [1.82, 2.24) is 9.78 Å². The van der Waals surface area contributed by atoms with Gasteiger partial charge in [0.2, 0.25) is 5.60 Å². The molecule has 0 spiro atoms. The predicted molar refractivity (Wildman–Crippen MR) is 116 cm³/mol. The van der Waals surface area contributed by atoms with Crippen molar-refractivity contribution in [3.05, 3.63) is 59.9 Å². The molecule has 176 valence electrons. The van der Waals surface area contributed by atoms with Gasteiger partial charge in [0.1, 0.15) is 12.4 Å². The molecule has 9 heteroatoms. The highest BCUT2D eigenvalue weighted by molar-refractivity contribution is 5.93. The molecular weight excluding hydrogens is 437 g/mol. The van der Waals surface area contributed by atoms with Crippen LogP contribution in [0.2, 0.25) is 0 Å². The summed E-state index contributed by atoms with van der Waals surface area (Å²) >= 11 is 0. The number of benzene rings is 2. The SMILES string of the molecule is C[C@H](O)COc1cc(-c2cnn(CC(C)(C)O)c2)c2c(c1)[C@@](O)(C(F)(F)F)c1ccccc1-2. The lowest BCUT2D eigenvalue weighted by Crippen LogP contribution is -2.41. The van der Waals surface area contributed by atoms with Crippen LogP contribution in [-0.4, -0.2) is 49.6 Å². The summed E-state index contributed by atoms with van der Waals surface area (Å²) in [6.45, 7) is 4.79. The number of aromatic nitrogens is 2. The topological polar surface area (TPSA) is 87.7 Å². The quantitative estimate of drug-likeness (QED) is 0.518. The second kappa shape index (κ2) is 7.86. The van der Waals surface area contributed by atoms with Crippen LogP contribution in [0.5, 0.6) is 5.75 Å². The lowest BCUT2D eigenvalue weighted by atomic mass is 9.89. The fourth-order valence-corrected chi connectivity index (χ4v) is 4.17. The molecule has 3 aromatic rings. The highest BCUT2D eigenvalue weighted by Gasteiger charge is 2.61. The molecule has 1 aromatic heterocycles. The number of halogens is 3. The average molecular weight is 462 g/mol. The first-order chi connectivity index (χ1) is 15.3. The molecule has 6 nitrogen and oxygen atoms in total. The van der Waals surface area contributed by atoms with Crippen LogP contribution < -0.4 is 4.74 Å². The van der Waals surface area contributed by atoms with Crippen molar-refractivity contribution in [3.8, 4) is 28.0 Å². The van der Waals surface area contributed by atoms with Crippen LogP contribution in [0.15, 0.2) is 48.8 Å². The van der Waals surface area contributed by atoms with E-state index in [1.807, 2.05) is 0 Å². The number of fused-ring (bicyclic) bond motifs is 3. The number of aliphatic hydroxyl groups excluding tert-OH is 1. The first-order valence-corrected chi connectivity index (χ1v) is 10.4. The van der Waals surface area contributed by atoms with E-state index in [0.717, 1.165) is 0 Å². The van der Waals surface area contributed by atoms with Gasteiger partial charge in [-0.3, -0.25) is 4.68 Å². The van der Waals surface area contributed by atoms with Crippen LogP contribution in [0, 0.1) is 0 Å². The van der Waals surface area contributed by atoms with Crippen LogP contribution in [0.1, 0.15) is 31.9 Å². The highest BCUT2D eigenvalue weighted by Crippen LogP contribution is 2.58. The van der Waals surface area contributed by atoms with Gasteiger partial charge < -0.3 is 20.1 Å². The van der Waals surface area contributed by atoms with E-state index in [9.17, 15) is 28.5 Å². The average Bonchev–Trinajstić information content (AvgIpc) is 3.26. The molecular formula is C24H25F3N2O4. The largest absolute Gasteiger partial charge is 0.491 e. The molecule has 0 saturated carbocycles. The zero-order valence-corrected chi connectivity index (χ0v) is 18.4. The molecule has 0 aliphatic heterocycles. The second-order valence-corrected chi connectivity index (χ2v) is 9.05. The molecule has 1 heterocycles. The zero-order valence-electron chi connectivity index (χ0n) is 18.4. The Bertz CT molecular complexity index is 1180. The van der Waals surface area contributed by atoms with Gasteiger partial charge in [0.05, 0.1) is 24.4 Å². The van der Waals surface area contributed by atoms with Crippen molar-refractivity contribution in [3.63, 3.8) is 0 Å². The summed E-state index contributed by atoms with van der Waals surface area (Å²) in [5, 5.41) is 35.0. The van der Waals surface area contributed by atoms with Gasteiger partial charge in [-0.2, -0.15) is 18.3 Å². The standard InChI is InChI=1S/C24H25F3N2O4/c1-14(30)12-33-16-8-18(15-10-28-29(11-15)13-22(2,3)31)21-17-6-4-5-7-19(17)23(32,20(21)9-16)24(25,26)27/h4-11,14,30-32H,12-13H2,1-3H3/t14-,23+/m0/s1. The Hall–Kier alpha value is -2.88. The van der Waals surface area contributed by atoms with Gasteiger partial charge in [-0.15, -0.1) is 0 Å². The number of alkyl halides is 3. The van der Waals surface area contributed by atoms with E-state index >= 15 is 0 Å². The van der Waals surface area contributed by atoms with E-state index in [4.69, 9.17) is 4.74 Å². The van der Waals surface area contributed by atoms with Gasteiger partial charge in [-0.1, -0.05) is 24.3 Å². The van der Waals surface area contributed by atoms with Gasteiger partial charge in [-0.05, 0) is 49.6 Å². The summed E-state index contributed by atoms with van der Waals surface area (Å²) < 4.78 is 49.9. The number of rotatable bonds is 6. The Kier molecular flexibility index (Phi) is 5.55. The van der Waals surface area contributed by atoms with E-state index in [-0.39, 0.29) is 41.2 Å². The molecule has 0 fully saturated rings. The van der Waals surface area contributed by atoms with Gasteiger partial charge in [0.15, 0.2) is 0 Å². The van der Waals surface area contributed by atoms with E-state index < -0.39 is 23.5 Å². The third-order valence-corrected chi connectivity index (χ3v) is 5.48. The summed E-state index contributed by atoms with van der Waals surface area (Å²) in [6.07, 6.45) is -2.71. The Morgan fingerprint density at radius 2 is 1.82 bits per heavy atom. The molecule has 0 amide bonds. The minimum absolute atomic E-state index is 0.0790. The van der Waals surface area contributed by atoms with Gasteiger partial charge in [-0.25, -0.2) is 0 Å². The lowest BCUT2D eigenvalue weighted by molar-refractivity contribution is -0.246. The molecule has 2 atom stereocenters. The van der Waals surface area contributed by atoms with Crippen molar-refractivity contribution < 1.29 is 33.2 Å². The highest BCUT2D eigenvalue weighted by atomic mass is 19.4. The van der Waals surface area contributed by atoms with Gasteiger partial charge >= 0.3 is 6.18 Å². The minimum atomic E-state index is -4.99. The predicted octanol–water partition coefficient (Wildman–Crippen LogP) is 3.86. The summed E-state index contributed by atoms with van der Waals surface area (Å²) in [4.78, 5) is 0. The molecule has 1 aliphatic carbocycles. The Labute approximate surface area is 188 Å². The number of hydrogen-bond donors (Lipinski definition) is 3. The van der Waals surface area contributed by atoms with Crippen LogP contribution in [0.3, 0.4) is 0 Å². The van der Waals surface area contributed by atoms with Crippen molar-refractivity contribution in [2.24, 2.45) is 0 Å². The third-order valence-electron chi connectivity index (χ3n) is 5.48. The molecule has 0 bridgehead atoms. The lowest BCUT2D eigenvalue weighted by Gasteiger charge is -2.28. The number of ether oxygens (including phenoxy) is 1. The summed E-state index contributed by atoms with van der Waals surface area (Å²) in [7, 11) is 0. The summed E-state index contributed by atoms with van der Waals surface area (Å²) in [6, 6.07) is 8.62. The molecule has 0 radical (unpaired) electrons. The number of hydrogen-bond acceptors (Lipinski definition) is 5. The minimum Gasteiger partial charge on any atom is -0.491 e. The summed E-state index contributed by atoms with van der Waals surface area (Å²) in [5.74, 6) is 0.0790. The fraction of sp³-hybridized carbons (Fsp3) is 0.375. The maximum absolute atomic E-state index is 14.3. The van der Waals surface area contributed by atoms with Crippen molar-refractivity contribution >= 4 is 0 Å². The zero-order chi connectivity index (χ0) is 24.2. The van der Waals surface area contributed by atoms with Crippen LogP contribution in [0.4, 0.5) is 13.2 Å². The Balaban J connectivity index is 1.96. The smallest absolute Gasteiger partial charge is 0.425 e. The molecule has 0 saturated heterocycles. The Morgan fingerprint density at radius 1 is 1.12 bits per heavy atom. The van der Waals surface area contributed by atoms with Crippen LogP contribution in [0.25, 0.3) is 22.3 Å². The van der Waals surface area contributed by atoms with Gasteiger partial charge in [0, 0.05) is 22.9 Å². The fourth-order valence-electron chi connectivity index (χ4n) is 4.17. The molecule has 1 aliphatic rings. The second-order valence-electron chi connectivity index (χ2n) is 9.05. The van der Waals surface area contributed by atoms with Crippen molar-refractivity contribution in [2.45, 2.75) is 50.8 Å². The van der Waals surface area contributed by atoms with Gasteiger partial charge in [0.25, 0.3) is 0 Å².